The Kier molecular flexibility index (Phi) is 4.69. The number of hydrogen-bond donors (Lipinski definition) is 0. The molecule has 0 spiro atoms. The van der Waals surface area contributed by atoms with Gasteiger partial charge in [0.05, 0.1) is 16.9 Å². The van der Waals surface area contributed by atoms with Crippen molar-refractivity contribution in [3.63, 3.8) is 0 Å². The smallest absolute Gasteiger partial charge is 0.339 e. The Morgan fingerprint density at radius 3 is 2.64 bits per heavy atom. The highest BCUT2D eigenvalue weighted by molar-refractivity contribution is 5.87. The minimum absolute atomic E-state index is 0.259. The second kappa shape index (κ2) is 6.34. The quantitative estimate of drug-likeness (QED) is 0.614. The van der Waals surface area contributed by atoms with Crippen molar-refractivity contribution in [3.05, 3.63) is 40.8 Å². The molecule has 22 heavy (non-hydrogen) atoms. The van der Waals surface area contributed by atoms with Crippen LogP contribution in [0, 0.1) is 11.3 Å². The van der Waals surface area contributed by atoms with Crippen LogP contribution >= 0.6 is 0 Å². The number of hydrogen-bond acceptors (Lipinski definition) is 4. The molecule has 2 rings (SSSR count). The van der Waals surface area contributed by atoms with Crippen LogP contribution in [0.4, 0.5) is 0 Å². The van der Waals surface area contributed by atoms with Crippen molar-refractivity contribution in [2.24, 2.45) is 11.3 Å². The van der Waals surface area contributed by atoms with Crippen molar-refractivity contribution in [2.45, 2.75) is 40.5 Å². The van der Waals surface area contributed by atoms with E-state index in [1.54, 1.807) is 18.2 Å². The van der Waals surface area contributed by atoms with E-state index in [-0.39, 0.29) is 11.7 Å². The molecule has 0 unspecified atom stereocenters. The van der Waals surface area contributed by atoms with Crippen LogP contribution in [-0.4, -0.2) is 5.97 Å². The molecule has 4 heteroatoms. The molecule has 0 bridgehead atoms. The molecule has 2 aromatic rings. The van der Waals surface area contributed by atoms with Crippen LogP contribution in [0.3, 0.4) is 0 Å². The highest BCUT2D eigenvalue weighted by atomic mass is 16.5. The van der Waals surface area contributed by atoms with E-state index in [4.69, 9.17) is 9.15 Å². The Morgan fingerprint density at radius 2 is 1.95 bits per heavy atom. The molecular formula is C18H22O4. The van der Waals surface area contributed by atoms with E-state index in [0.29, 0.717) is 16.9 Å². The zero-order chi connectivity index (χ0) is 16.3. The topological polar surface area (TPSA) is 56.5 Å². The summed E-state index contributed by atoms with van der Waals surface area (Å²) in [6.07, 6.45) is 1.68. The molecule has 0 amide bonds. The fourth-order valence-electron chi connectivity index (χ4n) is 2.16. The molecule has 0 radical (unpaired) electrons. The Bertz CT molecular complexity index is 725. The van der Waals surface area contributed by atoms with Gasteiger partial charge in [-0.3, -0.25) is 4.79 Å². The van der Waals surface area contributed by atoms with Crippen molar-refractivity contribution in [1.29, 1.82) is 0 Å². The van der Waals surface area contributed by atoms with Gasteiger partial charge < -0.3 is 9.15 Å². The number of rotatable bonds is 5. The monoisotopic (exact) mass is 302 g/mol. The summed E-state index contributed by atoms with van der Waals surface area (Å²) in [7, 11) is 0. The largest absolute Gasteiger partial charge is 0.425 e. The molecule has 0 saturated heterocycles. The number of carbonyl (C=O) groups is 1. The lowest BCUT2D eigenvalue weighted by Crippen LogP contribution is -2.29. The third kappa shape index (κ3) is 3.75. The van der Waals surface area contributed by atoms with Crippen molar-refractivity contribution in [3.8, 4) is 5.75 Å². The molecule has 0 fully saturated rings. The maximum atomic E-state index is 12.4. The van der Waals surface area contributed by atoms with E-state index in [1.165, 1.54) is 6.07 Å². The second-order valence-corrected chi connectivity index (χ2v) is 6.63. The molecule has 1 aromatic carbocycles. The van der Waals surface area contributed by atoms with Crippen molar-refractivity contribution in [1.82, 2.24) is 0 Å². The van der Waals surface area contributed by atoms with Gasteiger partial charge in [-0.15, -0.1) is 0 Å². The molecule has 0 atom stereocenters. The first-order valence-electron chi connectivity index (χ1n) is 7.55. The lowest BCUT2D eigenvalue weighted by molar-refractivity contribution is -0.144. The average molecular weight is 302 g/mol. The van der Waals surface area contributed by atoms with Crippen LogP contribution in [0.1, 0.15) is 40.5 Å². The van der Waals surface area contributed by atoms with Gasteiger partial charge >= 0.3 is 11.6 Å². The standard InChI is InChI=1S/C18H22O4/c1-12(2)9-10-18(3,4)17(20)22-15-11-16(19)21-14-8-6-5-7-13(14)15/h5-8,11-12H,9-10H2,1-4H3. The van der Waals surface area contributed by atoms with Gasteiger partial charge in [-0.05, 0) is 44.7 Å². The zero-order valence-electron chi connectivity index (χ0n) is 13.5. The van der Waals surface area contributed by atoms with E-state index in [1.807, 2.05) is 19.9 Å². The maximum absolute atomic E-state index is 12.4. The average Bonchev–Trinajstić information content (AvgIpc) is 2.45. The molecule has 0 saturated carbocycles. The molecule has 0 N–H and O–H groups in total. The summed E-state index contributed by atoms with van der Waals surface area (Å²) in [6.45, 7) is 7.98. The Morgan fingerprint density at radius 1 is 1.27 bits per heavy atom. The molecule has 4 nitrogen and oxygen atoms in total. The number of carbonyl (C=O) groups excluding carboxylic acids is 1. The number of esters is 1. The van der Waals surface area contributed by atoms with E-state index >= 15 is 0 Å². The van der Waals surface area contributed by atoms with Gasteiger partial charge in [0.25, 0.3) is 0 Å². The third-order valence-corrected chi connectivity index (χ3v) is 3.71. The minimum Gasteiger partial charge on any atom is -0.425 e. The Balaban J connectivity index is 2.27. The van der Waals surface area contributed by atoms with Gasteiger partial charge in [0.2, 0.25) is 0 Å². The fourth-order valence-corrected chi connectivity index (χ4v) is 2.16. The third-order valence-electron chi connectivity index (χ3n) is 3.71. The summed E-state index contributed by atoms with van der Waals surface area (Å²) in [5, 5.41) is 0.620. The van der Waals surface area contributed by atoms with Gasteiger partial charge in [-0.25, -0.2) is 4.79 Å². The number of benzene rings is 1. The maximum Gasteiger partial charge on any atom is 0.339 e. The van der Waals surface area contributed by atoms with E-state index in [9.17, 15) is 9.59 Å². The van der Waals surface area contributed by atoms with Gasteiger partial charge in [0, 0.05) is 0 Å². The SMILES string of the molecule is CC(C)CCC(C)(C)C(=O)Oc1cc(=O)oc2ccccc12. The van der Waals surface area contributed by atoms with E-state index < -0.39 is 11.0 Å². The highest BCUT2D eigenvalue weighted by Crippen LogP contribution is 2.30. The zero-order valence-corrected chi connectivity index (χ0v) is 13.5. The van der Waals surface area contributed by atoms with Crippen molar-refractivity contribution < 1.29 is 13.9 Å². The van der Waals surface area contributed by atoms with E-state index in [2.05, 4.69) is 13.8 Å². The van der Waals surface area contributed by atoms with E-state index in [0.717, 1.165) is 12.8 Å². The molecule has 0 aliphatic carbocycles. The van der Waals surface area contributed by atoms with Gasteiger partial charge in [-0.2, -0.15) is 0 Å². The Hall–Kier alpha value is -2.10. The lowest BCUT2D eigenvalue weighted by Gasteiger charge is -2.23. The van der Waals surface area contributed by atoms with Crippen LogP contribution in [0.5, 0.6) is 5.75 Å². The summed E-state index contributed by atoms with van der Waals surface area (Å²) in [5.74, 6) is 0.454. The first-order valence-corrected chi connectivity index (χ1v) is 7.55. The minimum atomic E-state index is -0.596. The summed E-state index contributed by atoms with van der Waals surface area (Å²) in [4.78, 5) is 24.0. The first-order chi connectivity index (χ1) is 10.3. The van der Waals surface area contributed by atoms with Gasteiger partial charge in [0.1, 0.15) is 11.3 Å². The molecule has 0 aliphatic heterocycles. The summed E-state index contributed by atoms with van der Waals surface area (Å²) < 4.78 is 10.6. The van der Waals surface area contributed by atoms with Crippen LogP contribution in [-0.2, 0) is 4.79 Å². The first kappa shape index (κ1) is 16.3. The molecular weight excluding hydrogens is 280 g/mol. The predicted molar refractivity (Wildman–Crippen MR) is 86.0 cm³/mol. The summed E-state index contributed by atoms with van der Waals surface area (Å²) >= 11 is 0. The van der Waals surface area contributed by atoms with Crippen LogP contribution in [0.2, 0.25) is 0 Å². The second-order valence-electron chi connectivity index (χ2n) is 6.63. The summed E-state index contributed by atoms with van der Waals surface area (Å²) in [6, 6.07) is 8.24. The number of ether oxygens (including phenoxy) is 1. The van der Waals surface area contributed by atoms with Gasteiger partial charge in [0.15, 0.2) is 0 Å². The van der Waals surface area contributed by atoms with Gasteiger partial charge in [-0.1, -0.05) is 26.0 Å². The van der Waals surface area contributed by atoms with Crippen LogP contribution in [0.25, 0.3) is 11.0 Å². The lowest BCUT2D eigenvalue weighted by atomic mass is 9.85. The van der Waals surface area contributed by atoms with Crippen LogP contribution in [0.15, 0.2) is 39.5 Å². The highest BCUT2D eigenvalue weighted by Gasteiger charge is 2.30. The van der Waals surface area contributed by atoms with Crippen molar-refractivity contribution in [2.75, 3.05) is 0 Å². The summed E-state index contributed by atoms with van der Waals surface area (Å²) in [5.41, 5.74) is -0.708. The fraction of sp³-hybridized carbons (Fsp3) is 0.444. The molecule has 0 aliphatic rings. The van der Waals surface area contributed by atoms with Crippen molar-refractivity contribution >= 4 is 16.9 Å². The number of fused-ring (bicyclic) bond motifs is 1. The Labute approximate surface area is 130 Å². The number of para-hydroxylation sites is 1. The predicted octanol–water partition coefficient (Wildman–Crippen LogP) is 4.16. The molecule has 1 aromatic heterocycles. The molecule has 118 valence electrons. The van der Waals surface area contributed by atoms with Crippen LogP contribution < -0.4 is 10.4 Å². The molecule has 1 heterocycles. The normalized spacial score (nSPS) is 11.9.